The van der Waals surface area contributed by atoms with Crippen LogP contribution in [0, 0.1) is 20.2 Å². The lowest BCUT2D eigenvalue weighted by Crippen LogP contribution is -2.12. The smallest absolute Gasteiger partial charge is 0.277 e. The molecule has 11 nitrogen and oxygen atoms in total. The molecule has 0 radical (unpaired) electrons. The Hall–Kier alpha value is -4.45. The molecule has 0 saturated carbocycles. The van der Waals surface area contributed by atoms with E-state index in [2.05, 4.69) is 15.3 Å². The number of anilines is 1. The van der Waals surface area contributed by atoms with Gasteiger partial charge in [-0.05, 0) is 0 Å². The van der Waals surface area contributed by atoms with Crippen molar-refractivity contribution >= 4 is 33.8 Å². The quantitative estimate of drug-likeness (QED) is 0.341. The standard InChI is InChI=1S/C20H14N6O5S/c1-24-8-7-21-18(24)17-16(12-5-3-2-4-6-12)22-20(32-17)23-19(27)13-9-14(25(28)29)11-15(10-13)26(30)31/h2-11H,1H3,(H,22,23,27). The van der Waals surface area contributed by atoms with Crippen LogP contribution in [0.3, 0.4) is 0 Å². The second-order valence-corrected chi connectivity index (χ2v) is 7.63. The summed E-state index contributed by atoms with van der Waals surface area (Å²) in [5, 5.41) is 25.0. The number of carbonyl (C=O) groups excluding carboxylic acids is 1. The van der Waals surface area contributed by atoms with Crippen molar-refractivity contribution in [3.8, 4) is 22.0 Å². The Bertz CT molecular complexity index is 1320. The first kappa shape index (κ1) is 20.8. The Morgan fingerprint density at radius 1 is 1.06 bits per heavy atom. The number of nitrogens with zero attached hydrogens (tertiary/aromatic N) is 5. The van der Waals surface area contributed by atoms with Gasteiger partial charge in [0.05, 0.1) is 32.0 Å². The highest BCUT2D eigenvalue weighted by Crippen LogP contribution is 2.38. The van der Waals surface area contributed by atoms with Crippen molar-refractivity contribution in [3.63, 3.8) is 0 Å². The number of benzene rings is 2. The molecule has 2 heterocycles. The van der Waals surface area contributed by atoms with Gasteiger partial charge in [0.1, 0.15) is 0 Å². The number of nitro benzene ring substituents is 2. The number of hydrogen-bond donors (Lipinski definition) is 1. The molecule has 0 saturated heterocycles. The van der Waals surface area contributed by atoms with Gasteiger partial charge in [-0.15, -0.1) is 0 Å². The SMILES string of the molecule is Cn1ccnc1-c1sc(NC(=O)c2cc([N+](=O)[O-])cc([N+](=O)[O-])c2)nc1-c1ccccc1. The second-order valence-electron chi connectivity index (χ2n) is 6.63. The molecule has 12 heteroatoms. The molecule has 0 aliphatic rings. The molecule has 0 fully saturated rings. The van der Waals surface area contributed by atoms with E-state index in [9.17, 15) is 25.0 Å². The molecule has 4 aromatic rings. The zero-order valence-corrected chi connectivity index (χ0v) is 17.3. The molecule has 0 aliphatic carbocycles. The minimum atomic E-state index is -0.792. The van der Waals surface area contributed by atoms with Crippen LogP contribution >= 0.6 is 11.3 Å². The van der Waals surface area contributed by atoms with Gasteiger partial charge >= 0.3 is 0 Å². The number of amides is 1. The van der Waals surface area contributed by atoms with Gasteiger partial charge in [-0.25, -0.2) is 9.97 Å². The van der Waals surface area contributed by atoms with Gasteiger partial charge in [-0.3, -0.25) is 30.3 Å². The lowest BCUT2D eigenvalue weighted by molar-refractivity contribution is -0.394. The summed E-state index contributed by atoms with van der Waals surface area (Å²) in [6, 6.07) is 12.1. The number of rotatable bonds is 6. The molecule has 0 unspecified atom stereocenters. The van der Waals surface area contributed by atoms with Gasteiger partial charge < -0.3 is 4.57 Å². The number of nitrogens with one attached hydrogen (secondary N) is 1. The number of non-ortho nitro benzene ring substituents is 2. The molecule has 32 heavy (non-hydrogen) atoms. The Morgan fingerprint density at radius 2 is 1.72 bits per heavy atom. The van der Waals surface area contributed by atoms with E-state index >= 15 is 0 Å². The average molecular weight is 450 g/mol. The number of imidazole rings is 1. The van der Waals surface area contributed by atoms with E-state index in [-0.39, 0.29) is 10.7 Å². The van der Waals surface area contributed by atoms with Crippen molar-refractivity contribution in [2.75, 3.05) is 5.32 Å². The molecule has 1 amide bonds. The maximum atomic E-state index is 12.8. The van der Waals surface area contributed by atoms with Crippen LogP contribution in [0.15, 0.2) is 60.9 Å². The minimum absolute atomic E-state index is 0.221. The number of aryl methyl sites for hydroxylation is 1. The molecule has 0 atom stereocenters. The van der Waals surface area contributed by atoms with Crippen LogP contribution in [0.1, 0.15) is 10.4 Å². The van der Waals surface area contributed by atoms with Crippen molar-refractivity contribution < 1.29 is 14.6 Å². The summed E-state index contributed by atoms with van der Waals surface area (Å²) in [5.74, 6) is -0.107. The lowest BCUT2D eigenvalue weighted by atomic mass is 10.1. The lowest BCUT2D eigenvalue weighted by Gasteiger charge is -2.02. The third-order valence-corrected chi connectivity index (χ3v) is 5.47. The first-order valence-electron chi connectivity index (χ1n) is 9.12. The third-order valence-electron chi connectivity index (χ3n) is 4.51. The molecule has 1 N–H and O–H groups in total. The molecule has 0 aliphatic heterocycles. The number of nitro groups is 2. The minimum Gasteiger partial charge on any atom is -0.333 e. The van der Waals surface area contributed by atoms with Crippen molar-refractivity contribution in [1.29, 1.82) is 0 Å². The highest BCUT2D eigenvalue weighted by Gasteiger charge is 2.23. The zero-order valence-electron chi connectivity index (χ0n) is 16.5. The Kier molecular flexibility index (Phi) is 5.43. The van der Waals surface area contributed by atoms with Gasteiger partial charge in [0.2, 0.25) is 0 Å². The molecule has 0 spiro atoms. The van der Waals surface area contributed by atoms with E-state index < -0.39 is 27.1 Å². The van der Waals surface area contributed by atoms with E-state index in [1.54, 1.807) is 12.4 Å². The summed E-state index contributed by atoms with van der Waals surface area (Å²) in [6.45, 7) is 0. The summed E-state index contributed by atoms with van der Waals surface area (Å²) in [5.41, 5.74) is 0.0867. The maximum Gasteiger partial charge on any atom is 0.277 e. The van der Waals surface area contributed by atoms with Crippen LogP contribution in [-0.2, 0) is 7.05 Å². The van der Waals surface area contributed by atoms with Gasteiger partial charge in [0.15, 0.2) is 11.0 Å². The normalized spacial score (nSPS) is 10.7. The predicted molar refractivity (Wildman–Crippen MR) is 117 cm³/mol. The highest BCUT2D eigenvalue weighted by molar-refractivity contribution is 7.19. The van der Waals surface area contributed by atoms with E-state index in [4.69, 9.17) is 0 Å². The number of aromatic nitrogens is 3. The fraction of sp³-hybridized carbons (Fsp3) is 0.0500. The summed E-state index contributed by atoms with van der Waals surface area (Å²) in [4.78, 5) is 43.0. The molecule has 2 aromatic carbocycles. The predicted octanol–water partition coefficient (Wildman–Crippen LogP) is 4.28. The Labute approximate surface area is 184 Å². The first-order chi connectivity index (χ1) is 15.3. The van der Waals surface area contributed by atoms with Crippen LogP contribution in [0.4, 0.5) is 16.5 Å². The van der Waals surface area contributed by atoms with Gasteiger partial charge in [-0.1, -0.05) is 41.7 Å². The molecule has 4 rings (SSSR count). The van der Waals surface area contributed by atoms with Gasteiger partial charge in [-0.2, -0.15) is 0 Å². The van der Waals surface area contributed by atoms with Crippen LogP contribution in [-0.4, -0.2) is 30.3 Å². The first-order valence-corrected chi connectivity index (χ1v) is 9.94. The molecule has 0 bridgehead atoms. The van der Waals surface area contributed by atoms with Crippen LogP contribution in [0.25, 0.3) is 22.0 Å². The van der Waals surface area contributed by atoms with Crippen LogP contribution in [0.2, 0.25) is 0 Å². The van der Waals surface area contributed by atoms with Crippen molar-refractivity contribution in [3.05, 3.63) is 86.7 Å². The summed E-state index contributed by atoms with van der Waals surface area (Å²) < 4.78 is 1.81. The molecular weight excluding hydrogens is 436 g/mol. The van der Waals surface area contributed by atoms with Crippen LogP contribution < -0.4 is 5.32 Å². The van der Waals surface area contributed by atoms with Crippen molar-refractivity contribution in [2.45, 2.75) is 0 Å². The molecule has 160 valence electrons. The average Bonchev–Trinajstić information content (AvgIpc) is 3.39. The number of thiazole rings is 1. The third kappa shape index (κ3) is 4.06. The Morgan fingerprint density at radius 3 is 2.28 bits per heavy atom. The van der Waals surface area contributed by atoms with E-state index in [1.807, 2.05) is 41.9 Å². The van der Waals surface area contributed by atoms with E-state index in [0.717, 1.165) is 23.8 Å². The van der Waals surface area contributed by atoms with Crippen molar-refractivity contribution in [2.24, 2.45) is 7.05 Å². The zero-order chi connectivity index (χ0) is 22.8. The Balaban J connectivity index is 1.73. The summed E-state index contributed by atoms with van der Waals surface area (Å²) in [6.07, 6.45) is 3.43. The van der Waals surface area contributed by atoms with Gasteiger partial charge in [0.25, 0.3) is 17.3 Å². The van der Waals surface area contributed by atoms with Crippen LogP contribution in [0.5, 0.6) is 0 Å². The fourth-order valence-corrected chi connectivity index (χ4v) is 4.03. The topological polar surface area (TPSA) is 146 Å². The fourth-order valence-electron chi connectivity index (χ4n) is 3.01. The van der Waals surface area contributed by atoms with Gasteiger partial charge in [0, 0.05) is 37.1 Å². The summed E-state index contributed by atoms with van der Waals surface area (Å²) >= 11 is 1.18. The largest absolute Gasteiger partial charge is 0.333 e. The van der Waals surface area contributed by atoms with E-state index in [0.29, 0.717) is 16.4 Å². The second kappa shape index (κ2) is 8.35. The molecular formula is C20H14N6O5S. The van der Waals surface area contributed by atoms with E-state index in [1.165, 1.54) is 11.3 Å². The molecule has 2 aromatic heterocycles. The van der Waals surface area contributed by atoms with Crippen molar-refractivity contribution in [1.82, 2.24) is 14.5 Å². The highest BCUT2D eigenvalue weighted by atomic mass is 32.1. The number of carbonyl (C=O) groups is 1. The number of hydrogen-bond acceptors (Lipinski definition) is 8. The monoisotopic (exact) mass is 450 g/mol. The summed E-state index contributed by atoms with van der Waals surface area (Å²) in [7, 11) is 1.83. The maximum absolute atomic E-state index is 12.8.